The Kier molecular flexibility index (Phi) is 2.79. The summed E-state index contributed by atoms with van der Waals surface area (Å²) in [5.74, 6) is 1.01. The van der Waals surface area contributed by atoms with Crippen LogP contribution in [0.4, 0.5) is 0 Å². The molecule has 0 fully saturated rings. The van der Waals surface area contributed by atoms with Crippen LogP contribution in [-0.4, -0.2) is 6.61 Å². The second kappa shape index (κ2) is 4.33. The van der Waals surface area contributed by atoms with Crippen LogP contribution < -0.4 is 4.74 Å². The number of rotatable bonds is 1. The van der Waals surface area contributed by atoms with Crippen molar-refractivity contribution in [3.63, 3.8) is 0 Å². The first kappa shape index (κ1) is 11.6. The van der Waals surface area contributed by atoms with Gasteiger partial charge in [0, 0.05) is 17.0 Å². The highest BCUT2D eigenvalue weighted by atomic mass is 35.5. The Morgan fingerprint density at radius 2 is 1.94 bits per heavy atom. The van der Waals surface area contributed by atoms with E-state index in [1.807, 2.05) is 12.1 Å². The molecule has 2 aromatic rings. The lowest BCUT2D eigenvalue weighted by atomic mass is 9.95. The molecule has 1 heterocycles. The van der Waals surface area contributed by atoms with E-state index in [1.54, 1.807) is 0 Å². The minimum atomic E-state index is 0.757. The molecule has 92 valence electrons. The maximum atomic E-state index is 6.21. The lowest BCUT2D eigenvalue weighted by Gasteiger charge is -2.13. The summed E-state index contributed by atoms with van der Waals surface area (Å²) in [6, 6.07) is 10.4. The molecule has 18 heavy (non-hydrogen) atoms. The summed E-state index contributed by atoms with van der Waals surface area (Å²) in [7, 11) is 0. The van der Waals surface area contributed by atoms with Crippen LogP contribution in [0, 0.1) is 13.8 Å². The highest BCUT2D eigenvalue weighted by Crippen LogP contribution is 2.40. The number of hydrogen-bond acceptors (Lipinski definition) is 1. The van der Waals surface area contributed by atoms with Crippen molar-refractivity contribution in [1.29, 1.82) is 0 Å². The van der Waals surface area contributed by atoms with Crippen LogP contribution in [0.5, 0.6) is 5.75 Å². The first-order valence-electron chi connectivity index (χ1n) is 6.18. The van der Waals surface area contributed by atoms with E-state index in [-0.39, 0.29) is 0 Å². The SMILES string of the molecule is Cc1cccc(-c2cc(Cl)cc3c2OCC3)c1C. The molecule has 3 rings (SSSR count). The molecule has 0 atom stereocenters. The Balaban J connectivity index is 2.26. The molecule has 1 aliphatic heterocycles. The van der Waals surface area contributed by atoms with E-state index in [4.69, 9.17) is 16.3 Å². The average molecular weight is 259 g/mol. The quantitative estimate of drug-likeness (QED) is 0.729. The number of hydrogen-bond donors (Lipinski definition) is 0. The molecular formula is C16H15ClO. The lowest BCUT2D eigenvalue weighted by molar-refractivity contribution is 0.358. The van der Waals surface area contributed by atoms with Crippen LogP contribution in [-0.2, 0) is 6.42 Å². The van der Waals surface area contributed by atoms with Gasteiger partial charge in [0.05, 0.1) is 6.61 Å². The molecule has 1 aliphatic rings. The van der Waals surface area contributed by atoms with Gasteiger partial charge < -0.3 is 4.74 Å². The van der Waals surface area contributed by atoms with E-state index >= 15 is 0 Å². The van der Waals surface area contributed by atoms with E-state index in [0.29, 0.717) is 0 Å². The molecule has 0 saturated carbocycles. The van der Waals surface area contributed by atoms with Crippen molar-refractivity contribution in [2.45, 2.75) is 20.3 Å². The zero-order chi connectivity index (χ0) is 12.7. The number of aryl methyl sites for hydroxylation is 1. The fourth-order valence-electron chi connectivity index (χ4n) is 2.51. The maximum absolute atomic E-state index is 6.21. The summed E-state index contributed by atoms with van der Waals surface area (Å²) in [6.07, 6.45) is 0.952. The second-order valence-corrected chi connectivity index (χ2v) is 5.22. The van der Waals surface area contributed by atoms with Crippen molar-refractivity contribution < 1.29 is 4.74 Å². The van der Waals surface area contributed by atoms with Gasteiger partial charge >= 0.3 is 0 Å². The summed E-state index contributed by atoms with van der Waals surface area (Å²) in [4.78, 5) is 0. The average Bonchev–Trinajstić information content (AvgIpc) is 2.79. The van der Waals surface area contributed by atoms with E-state index in [2.05, 4.69) is 32.0 Å². The molecule has 0 spiro atoms. The van der Waals surface area contributed by atoms with Crippen molar-refractivity contribution in [2.24, 2.45) is 0 Å². The maximum Gasteiger partial charge on any atom is 0.130 e. The number of fused-ring (bicyclic) bond motifs is 1. The van der Waals surface area contributed by atoms with Gasteiger partial charge in [-0.05, 0) is 48.2 Å². The van der Waals surface area contributed by atoms with Gasteiger partial charge in [0.2, 0.25) is 0 Å². The van der Waals surface area contributed by atoms with Gasteiger partial charge in [0.1, 0.15) is 5.75 Å². The van der Waals surface area contributed by atoms with Crippen LogP contribution in [0.3, 0.4) is 0 Å². The highest BCUT2D eigenvalue weighted by molar-refractivity contribution is 6.31. The van der Waals surface area contributed by atoms with Gasteiger partial charge in [0.25, 0.3) is 0 Å². The molecule has 0 N–H and O–H groups in total. The summed E-state index contributed by atoms with van der Waals surface area (Å²) in [5.41, 5.74) is 6.14. The van der Waals surface area contributed by atoms with Crippen molar-refractivity contribution in [1.82, 2.24) is 0 Å². The van der Waals surface area contributed by atoms with Crippen LogP contribution in [0.15, 0.2) is 30.3 Å². The molecule has 2 aromatic carbocycles. The number of ether oxygens (including phenoxy) is 1. The fourth-order valence-corrected chi connectivity index (χ4v) is 2.75. The minimum Gasteiger partial charge on any atom is -0.492 e. The lowest BCUT2D eigenvalue weighted by Crippen LogP contribution is -1.92. The van der Waals surface area contributed by atoms with E-state index in [0.717, 1.165) is 29.4 Å². The topological polar surface area (TPSA) is 9.23 Å². The first-order valence-corrected chi connectivity index (χ1v) is 6.56. The standard InChI is InChI=1S/C16H15ClO/c1-10-4-3-5-14(11(10)2)15-9-13(17)8-12-6-7-18-16(12)15/h3-5,8-9H,6-7H2,1-2H3. The molecule has 0 amide bonds. The van der Waals surface area contributed by atoms with Gasteiger partial charge in [-0.25, -0.2) is 0 Å². The molecule has 0 aromatic heterocycles. The Morgan fingerprint density at radius 3 is 2.78 bits per heavy atom. The molecule has 0 bridgehead atoms. The molecular weight excluding hydrogens is 244 g/mol. The molecule has 0 unspecified atom stereocenters. The largest absolute Gasteiger partial charge is 0.492 e. The third-order valence-corrected chi connectivity index (χ3v) is 3.86. The summed E-state index contributed by atoms with van der Waals surface area (Å²) in [5, 5.41) is 0.787. The predicted molar refractivity (Wildman–Crippen MR) is 75.6 cm³/mol. The van der Waals surface area contributed by atoms with Crippen LogP contribution in [0.25, 0.3) is 11.1 Å². The van der Waals surface area contributed by atoms with E-state index < -0.39 is 0 Å². The van der Waals surface area contributed by atoms with Gasteiger partial charge in [0.15, 0.2) is 0 Å². The van der Waals surface area contributed by atoms with Gasteiger partial charge in [-0.3, -0.25) is 0 Å². The summed E-state index contributed by atoms with van der Waals surface area (Å²) < 4.78 is 5.78. The Bertz CT molecular complexity index is 617. The molecule has 2 heteroatoms. The van der Waals surface area contributed by atoms with Gasteiger partial charge in [-0.1, -0.05) is 29.8 Å². The van der Waals surface area contributed by atoms with Crippen molar-refractivity contribution in [2.75, 3.05) is 6.61 Å². The number of halogens is 1. The Labute approximate surface area is 112 Å². The highest BCUT2D eigenvalue weighted by Gasteiger charge is 2.19. The van der Waals surface area contributed by atoms with Crippen LogP contribution in [0.2, 0.25) is 5.02 Å². The Hall–Kier alpha value is -1.47. The molecule has 1 nitrogen and oxygen atoms in total. The normalized spacial score (nSPS) is 13.3. The summed E-state index contributed by atoms with van der Waals surface area (Å²) in [6.45, 7) is 5.03. The first-order chi connectivity index (χ1) is 8.66. The number of benzene rings is 2. The summed E-state index contributed by atoms with van der Waals surface area (Å²) >= 11 is 6.21. The second-order valence-electron chi connectivity index (χ2n) is 4.79. The zero-order valence-electron chi connectivity index (χ0n) is 10.6. The third-order valence-electron chi connectivity index (χ3n) is 3.64. The van der Waals surface area contributed by atoms with Crippen LogP contribution in [0.1, 0.15) is 16.7 Å². The monoisotopic (exact) mass is 258 g/mol. The van der Waals surface area contributed by atoms with Gasteiger partial charge in [-0.2, -0.15) is 0 Å². The third kappa shape index (κ3) is 1.79. The smallest absolute Gasteiger partial charge is 0.130 e. The fraction of sp³-hybridized carbons (Fsp3) is 0.250. The van der Waals surface area contributed by atoms with Crippen molar-refractivity contribution in [3.05, 3.63) is 52.0 Å². The molecule has 0 aliphatic carbocycles. The zero-order valence-corrected chi connectivity index (χ0v) is 11.3. The minimum absolute atomic E-state index is 0.757. The van der Waals surface area contributed by atoms with E-state index in [9.17, 15) is 0 Å². The van der Waals surface area contributed by atoms with Gasteiger partial charge in [-0.15, -0.1) is 0 Å². The molecule has 0 radical (unpaired) electrons. The van der Waals surface area contributed by atoms with Crippen molar-refractivity contribution in [3.8, 4) is 16.9 Å². The molecule has 0 saturated heterocycles. The predicted octanol–water partition coefficient (Wildman–Crippen LogP) is 4.56. The Morgan fingerprint density at radius 1 is 1.11 bits per heavy atom. The van der Waals surface area contributed by atoms with E-state index in [1.165, 1.54) is 22.3 Å². The van der Waals surface area contributed by atoms with Crippen LogP contribution >= 0.6 is 11.6 Å². The van der Waals surface area contributed by atoms with Crippen molar-refractivity contribution >= 4 is 11.6 Å².